The number of para-hydroxylation sites is 1. The van der Waals surface area contributed by atoms with Crippen molar-refractivity contribution in [3.8, 4) is 0 Å². The van der Waals surface area contributed by atoms with Crippen molar-refractivity contribution in [1.82, 2.24) is 4.90 Å². The van der Waals surface area contributed by atoms with Crippen LogP contribution in [0.4, 0.5) is 32.0 Å². The number of carbonyl (C=O) groups excluding carboxylic acids is 1. The summed E-state index contributed by atoms with van der Waals surface area (Å²) in [4.78, 5) is 13.5. The van der Waals surface area contributed by atoms with Crippen molar-refractivity contribution in [3.05, 3.63) is 64.5 Å². The number of amides is 1. The second kappa shape index (κ2) is 7.25. The molecular formula is C17H12F6N2O3S. The highest BCUT2D eigenvalue weighted by atomic mass is 32.2. The number of sulfonamides is 1. The van der Waals surface area contributed by atoms with Gasteiger partial charge in [0.2, 0.25) is 0 Å². The van der Waals surface area contributed by atoms with Crippen molar-refractivity contribution < 1.29 is 39.6 Å². The third-order valence-corrected chi connectivity index (χ3v) is 5.42. The minimum absolute atomic E-state index is 0.0798. The number of nitrogens with one attached hydrogen (secondary N) is 1. The van der Waals surface area contributed by atoms with Crippen molar-refractivity contribution in [2.75, 3.05) is 11.3 Å². The molecule has 0 atom stereocenters. The van der Waals surface area contributed by atoms with Crippen molar-refractivity contribution in [2.24, 2.45) is 0 Å². The molecule has 0 spiro atoms. The molecule has 0 aromatic heterocycles. The number of benzene rings is 2. The van der Waals surface area contributed by atoms with Gasteiger partial charge >= 0.3 is 15.5 Å². The lowest BCUT2D eigenvalue weighted by atomic mass is 9.97. The van der Waals surface area contributed by atoms with Gasteiger partial charge in [-0.1, -0.05) is 12.1 Å². The number of nitrogens with zero attached hydrogens (tertiary/aromatic N) is 1. The second-order valence-corrected chi connectivity index (χ2v) is 7.86. The van der Waals surface area contributed by atoms with Gasteiger partial charge in [0.15, 0.2) is 0 Å². The van der Waals surface area contributed by atoms with Gasteiger partial charge in [-0.3, -0.25) is 9.52 Å². The maximum absolute atomic E-state index is 14.1. The standard InChI is InChI=1S/C17H12F6N2O3S/c18-11-4-5-12(19)14-10(11)6-7-25(16(14)26)8-9-2-1-3-13(20)15(9)24-29(27,28)17(21,22)23/h1-5,24H,6-8H2. The number of alkyl halides is 3. The number of rotatable bonds is 4. The predicted molar refractivity (Wildman–Crippen MR) is 89.8 cm³/mol. The van der Waals surface area contributed by atoms with Gasteiger partial charge < -0.3 is 4.90 Å². The molecule has 0 bridgehead atoms. The normalized spacial score (nSPS) is 14.7. The molecule has 1 N–H and O–H groups in total. The van der Waals surface area contributed by atoms with Crippen molar-refractivity contribution >= 4 is 21.6 Å². The van der Waals surface area contributed by atoms with Crippen LogP contribution in [-0.2, 0) is 23.0 Å². The molecule has 0 saturated carbocycles. The van der Waals surface area contributed by atoms with Crippen molar-refractivity contribution in [2.45, 2.75) is 18.5 Å². The fraction of sp³-hybridized carbons (Fsp3) is 0.235. The SMILES string of the molecule is O=C1c2c(F)ccc(F)c2CCN1Cc1cccc(F)c1NS(=O)(=O)C(F)(F)F. The van der Waals surface area contributed by atoms with Crippen LogP contribution < -0.4 is 4.72 Å². The molecule has 0 unspecified atom stereocenters. The first-order valence-corrected chi connectivity index (χ1v) is 9.53. The van der Waals surface area contributed by atoms with Gasteiger partial charge in [-0.05, 0) is 30.2 Å². The van der Waals surface area contributed by atoms with E-state index in [-0.39, 0.29) is 24.1 Å². The van der Waals surface area contributed by atoms with Crippen LogP contribution in [0.2, 0.25) is 0 Å². The lowest BCUT2D eigenvalue weighted by molar-refractivity contribution is -0.0429. The van der Waals surface area contributed by atoms with E-state index in [1.807, 2.05) is 0 Å². The second-order valence-electron chi connectivity index (χ2n) is 6.18. The molecule has 0 radical (unpaired) electrons. The Labute approximate surface area is 161 Å². The first-order valence-electron chi connectivity index (χ1n) is 8.05. The molecule has 156 valence electrons. The quantitative estimate of drug-likeness (QED) is 0.743. The zero-order chi connectivity index (χ0) is 21.6. The Morgan fingerprint density at radius 1 is 1.00 bits per heavy atom. The molecule has 2 aromatic rings. The zero-order valence-electron chi connectivity index (χ0n) is 14.4. The van der Waals surface area contributed by atoms with Crippen LogP contribution in [0.15, 0.2) is 30.3 Å². The Hall–Kier alpha value is -2.76. The summed E-state index contributed by atoms with van der Waals surface area (Å²) in [5, 5.41) is 0. The van der Waals surface area contributed by atoms with Gasteiger partial charge in [0.25, 0.3) is 5.91 Å². The van der Waals surface area contributed by atoms with Crippen LogP contribution in [0.5, 0.6) is 0 Å². The van der Waals surface area contributed by atoms with E-state index in [1.165, 1.54) is 0 Å². The van der Waals surface area contributed by atoms with E-state index in [2.05, 4.69) is 0 Å². The van der Waals surface area contributed by atoms with E-state index >= 15 is 0 Å². The smallest absolute Gasteiger partial charge is 0.334 e. The van der Waals surface area contributed by atoms with Gasteiger partial charge in [-0.15, -0.1) is 0 Å². The van der Waals surface area contributed by atoms with E-state index < -0.39 is 56.7 Å². The van der Waals surface area contributed by atoms with Crippen molar-refractivity contribution in [3.63, 3.8) is 0 Å². The van der Waals surface area contributed by atoms with Crippen LogP contribution in [0.25, 0.3) is 0 Å². The summed E-state index contributed by atoms with van der Waals surface area (Å²) in [5.74, 6) is -4.00. The molecule has 1 amide bonds. The average Bonchev–Trinajstić information content (AvgIpc) is 2.62. The Morgan fingerprint density at radius 3 is 2.31 bits per heavy atom. The molecule has 12 heteroatoms. The predicted octanol–water partition coefficient (Wildman–Crippen LogP) is 3.56. The Balaban J connectivity index is 1.95. The number of carbonyl (C=O) groups is 1. The summed E-state index contributed by atoms with van der Waals surface area (Å²) in [6.45, 7) is -0.657. The average molecular weight is 438 g/mol. The molecule has 3 rings (SSSR count). The van der Waals surface area contributed by atoms with Crippen LogP contribution in [-0.4, -0.2) is 31.3 Å². The van der Waals surface area contributed by atoms with Gasteiger partial charge in [0, 0.05) is 18.7 Å². The largest absolute Gasteiger partial charge is 0.516 e. The topological polar surface area (TPSA) is 66.5 Å². The summed E-state index contributed by atoms with van der Waals surface area (Å²) in [7, 11) is -5.91. The molecule has 0 saturated heterocycles. The lowest BCUT2D eigenvalue weighted by Gasteiger charge is -2.29. The van der Waals surface area contributed by atoms with E-state index in [4.69, 9.17) is 0 Å². The zero-order valence-corrected chi connectivity index (χ0v) is 15.2. The molecule has 1 aliphatic rings. The van der Waals surface area contributed by atoms with Crippen LogP contribution in [0.3, 0.4) is 0 Å². The van der Waals surface area contributed by atoms with E-state index in [0.29, 0.717) is 0 Å². The number of halogens is 6. The van der Waals surface area contributed by atoms with E-state index in [9.17, 15) is 39.6 Å². The molecule has 29 heavy (non-hydrogen) atoms. The van der Waals surface area contributed by atoms with Gasteiger partial charge in [-0.2, -0.15) is 21.6 Å². The van der Waals surface area contributed by atoms with Crippen LogP contribution in [0.1, 0.15) is 21.5 Å². The minimum Gasteiger partial charge on any atom is -0.334 e. The van der Waals surface area contributed by atoms with E-state index in [1.54, 1.807) is 0 Å². The maximum Gasteiger partial charge on any atom is 0.516 e. The highest BCUT2D eigenvalue weighted by Crippen LogP contribution is 2.31. The molecule has 2 aromatic carbocycles. The minimum atomic E-state index is -5.91. The summed E-state index contributed by atoms with van der Waals surface area (Å²) < 4.78 is 104. The highest BCUT2D eigenvalue weighted by Gasteiger charge is 2.46. The van der Waals surface area contributed by atoms with Crippen LogP contribution in [0, 0.1) is 17.5 Å². The van der Waals surface area contributed by atoms with Crippen LogP contribution >= 0.6 is 0 Å². The number of fused-ring (bicyclic) bond motifs is 1. The van der Waals surface area contributed by atoms with Crippen molar-refractivity contribution in [1.29, 1.82) is 0 Å². The highest BCUT2D eigenvalue weighted by molar-refractivity contribution is 7.93. The molecule has 1 heterocycles. The number of hydrogen-bond acceptors (Lipinski definition) is 3. The summed E-state index contributed by atoms with van der Waals surface area (Å²) in [6.07, 6.45) is -0.0798. The lowest BCUT2D eigenvalue weighted by Crippen LogP contribution is -2.38. The summed E-state index contributed by atoms with van der Waals surface area (Å²) in [6, 6.07) is 4.59. The molecule has 0 fully saturated rings. The fourth-order valence-electron chi connectivity index (χ4n) is 2.94. The third kappa shape index (κ3) is 3.88. The Morgan fingerprint density at radius 2 is 1.66 bits per heavy atom. The molecule has 0 aliphatic carbocycles. The maximum atomic E-state index is 14.1. The van der Waals surface area contributed by atoms with Gasteiger partial charge in [0.05, 0.1) is 11.3 Å². The monoisotopic (exact) mass is 438 g/mol. The first-order chi connectivity index (χ1) is 13.4. The fourth-order valence-corrected chi connectivity index (χ4v) is 3.55. The molecular weight excluding hydrogens is 426 g/mol. The molecule has 5 nitrogen and oxygen atoms in total. The first kappa shape index (κ1) is 21.0. The Kier molecular flexibility index (Phi) is 5.24. The summed E-state index contributed by atoms with van der Waals surface area (Å²) >= 11 is 0. The van der Waals surface area contributed by atoms with Gasteiger partial charge in [0.1, 0.15) is 17.5 Å². The summed E-state index contributed by atoms with van der Waals surface area (Å²) in [5.41, 5.74) is -7.62. The van der Waals surface area contributed by atoms with E-state index in [0.717, 1.165) is 40.0 Å². The third-order valence-electron chi connectivity index (χ3n) is 4.34. The molecule has 1 aliphatic heterocycles. The number of hydrogen-bond donors (Lipinski definition) is 1. The van der Waals surface area contributed by atoms with Gasteiger partial charge in [-0.25, -0.2) is 13.2 Å². The Bertz CT molecular complexity index is 1090. The number of anilines is 1.